The minimum atomic E-state index is 0.546. The molecule has 5 nitrogen and oxygen atoms in total. The molecule has 78 valence electrons. The first-order chi connectivity index (χ1) is 7.38. The maximum absolute atomic E-state index is 4.99. The molecule has 0 bridgehead atoms. The van der Waals surface area contributed by atoms with Crippen LogP contribution in [0.1, 0.15) is 5.01 Å². The molecule has 0 amide bonds. The lowest BCUT2D eigenvalue weighted by molar-refractivity contribution is 0.397. The van der Waals surface area contributed by atoms with E-state index in [0.29, 0.717) is 18.4 Å². The second-order valence-corrected chi connectivity index (χ2v) is 3.68. The molecule has 2 heterocycles. The first-order valence-electron chi connectivity index (χ1n) is 4.38. The van der Waals surface area contributed by atoms with Gasteiger partial charge in [0.25, 0.3) is 0 Å². The lowest BCUT2D eigenvalue weighted by Crippen LogP contribution is -2.03. The summed E-state index contributed by atoms with van der Waals surface area (Å²) in [6, 6.07) is 1.70. The number of thiazole rings is 1. The summed E-state index contributed by atoms with van der Waals surface area (Å²) in [4.78, 5) is 12.3. The normalized spacial score (nSPS) is 9.93. The number of methoxy groups -OCH3 is 1. The summed E-state index contributed by atoms with van der Waals surface area (Å²) in [5.74, 6) is 1.09. The highest BCUT2D eigenvalue weighted by atomic mass is 32.1. The average Bonchev–Trinajstić information content (AvgIpc) is 2.79. The standard InChI is InChI=1S/C9H10N4OS/c1-14-7-2-3-11-9(13-7)12-6-8-10-4-5-15-8/h2-5H,6H2,1H3,(H,11,12,13). The van der Waals surface area contributed by atoms with E-state index >= 15 is 0 Å². The van der Waals surface area contributed by atoms with E-state index in [2.05, 4.69) is 20.3 Å². The van der Waals surface area contributed by atoms with Crippen LogP contribution in [0.25, 0.3) is 0 Å². The lowest BCUT2D eigenvalue weighted by Gasteiger charge is -2.03. The van der Waals surface area contributed by atoms with Crippen molar-refractivity contribution in [1.82, 2.24) is 15.0 Å². The van der Waals surface area contributed by atoms with E-state index in [1.54, 1.807) is 36.9 Å². The molecule has 6 heteroatoms. The molecule has 2 rings (SSSR count). The van der Waals surface area contributed by atoms with Gasteiger partial charge in [-0.05, 0) is 0 Å². The van der Waals surface area contributed by atoms with Gasteiger partial charge in [0.2, 0.25) is 11.8 Å². The van der Waals surface area contributed by atoms with Crippen molar-refractivity contribution < 1.29 is 4.74 Å². The molecule has 15 heavy (non-hydrogen) atoms. The fraction of sp³-hybridized carbons (Fsp3) is 0.222. The highest BCUT2D eigenvalue weighted by Gasteiger charge is 1.99. The smallest absolute Gasteiger partial charge is 0.226 e. The van der Waals surface area contributed by atoms with Gasteiger partial charge in [-0.3, -0.25) is 0 Å². The Bertz CT molecular complexity index is 418. The number of hydrogen-bond donors (Lipinski definition) is 1. The average molecular weight is 222 g/mol. The summed E-state index contributed by atoms with van der Waals surface area (Å²) in [5, 5.41) is 6.00. The van der Waals surface area contributed by atoms with Crippen molar-refractivity contribution in [2.24, 2.45) is 0 Å². The molecule has 0 unspecified atom stereocenters. The van der Waals surface area contributed by atoms with Crippen molar-refractivity contribution in [2.75, 3.05) is 12.4 Å². The minimum Gasteiger partial charge on any atom is -0.481 e. The predicted octanol–water partition coefficient (Wildman–Crippen LogP) is 1.55. The number of aromatic nitrogens is 3. The summed E-state index contributed by atoms with van der Waals surface area (Å²) in [6.45, 7) is 0.630. The molecule has 0 aromatic carbocycles. The zero-order valence-corrected chi connectivity index (χ0v) is 8.99. The number of anilines is 1. The fourth-order valence-corrected chi connectivity index (χ4v) is 1.59. The van der Waals surface area contributed by atoms with Crippen LogP contribution in [0.2, 0.25) is 0 Å². The van der Waals surface area contributed by atoms with E-state index in [1.807, 2.05) is 5.38 Å². The van der Waals surface area contributed by atoms with Crippen molar-refractivity contribution in [3.63, 3.8) is 0 Å². The monoisotopic (exact) mass is 222 g/mol. The molecule has 0 radical (unpaired) electrons. The van der Waals surface area contributed by atoms with Gasteiger partial charge in [-0.1, -0.05) is 0 Å². The van der Waals surface area contributed by atoms with E-state index in [-0.39, 0.29) is 0 Å². The second kappa shape index (κ2) is 4.70. The first kappa shape index (κ1) is 9.85. The van der Waals surface area contributed by atoms with E-state index in [1.165, 1.54) is 0 Å². The minimum absolute atomic E-state index is 0.546. The molecule has 1 N–H and O–H groups in total. The second-order valence-electron chi connectivity index (χ2n) is 2.70. The molecule has 0 aliphatic rings. The van der Waals surface area contributed by atoms with Gasteiger partial charge in [0, 0.05) is 23.8 Å². The van der Waals surface area contributed by atoms with E-state index < -0.39 is 0 Å². The Morgan fingerprint density at radius 1 is 1.40 bits per heavy atom. The number of ether oxygens (including phenoxy) is 1. The molecule has 0 saturated carbocycles. The largest absolute Gasteiger partial charge is 0.481 e. The third-order valence-corrected chi connectivity index (χ3v) is 2.50. The van der Waals surface area contributed by atoms with Gasteiger partial charge in [-0.25, -0.2) is 9.97 Å². The molecule has 2 aromatic rings. The maximum atomic E-state index is 4.99. The Hall–Kier alpha value is -1.69. The first-order valence-corrected chi connectivity index (χ1v) is 5.26. The highest BCUT2D eigenvalue weighted by Crippen LogP contribution is 2.09. The van der Waals surface area contributed by atoms with Crippen LogP contribution in [0.4, 0.5) is 5.95 Å². The van der Waals surface area contributed by atoms with Crippen LogP contribution < -0.4 is 10.1 Å². The fourth-order valence-electron chi connectivity index (χ4n) is 1.04. The predicted molar refractivity (Wildman–Crippen MR) is 58.0 cm³/mol. The van der Waals surface area contributed by atoms with Gasteiger partial charge in [-0.2, -0.15) is 4.98 Å². The molecular weight excluding hydrogens is 212 g/mol. The van der Waals surface area contributed by atoms with Gasteiger partial charge in [0.15, 0.2) is 0 Å². The number of nitrogens with one attached hydrogen (secondary N) is 1. The number of rotatable bonds is 4. The lowest BCUT2D eigenvalue weighted by atomic mass is 10.6. The van der Waals surface area contributed by atoms with E-state index in [4.69, 9.17) is 4.74 Å². The van der Waals surface area contributed by atoms with E-state index in [0.717, 1.165) is 5.01 Å². The van der Waals surface area contributed by atoms with Crippen LogP contribution in [0.5, 0.6) is 5.88 Å². The van der Waals surface area contributed by atoms with E-state index in [9.17, 15) is 0 Å². The topological polar surface area (TPSA) is 59.9 Å². The van der Waals surface area contributed by atoms with Crippen molar-refractivity contribution in [3.05, 3.63) is 28.8 Å². The summed E-state index contributed by atoms with van der Waals surface area (Å²) in [7, 11) is 1.58. The SMILES string of the molecule is COc1ccnc(NCc2nccs2)n1. The highest BCUT2D eigenvalue weighted by molar-refractivity contribution is 7.09. The van der Waals surface area contributed by atoms with Crippen LogP contribution in [-0.4, -0.2) is 22.1 Å². The molecular formula is C9H10N4OS. The molecule has 0 atom stereocenters. The Kier molecular flexibility index (Phi) is 3.08. The third kappa shape index (κ3) is 2.63. The zero-order chi connectivity index (χ0) is 10.5. The Balaban J connectivity index is 1.98. The van der Waals surface area contributed by atoms with Crippen molar-refractivity contribution in [3.8, 4) is 5.88 Å². The van der Waals surface area contributed by atoms with Crippen LogP contribution in [0, 0.1) is 0 Å². The maximum Gasteiger partial charge on any atom is 0.226 e. The zero-order valence-electron chi connectivity index (χ0n) is 8.17. The Labute approximate surface area is 91.2 Å². The third-order valence-electron chi connectivity index (χ3n) is 1.72. The van der Waals surface area contributed by atoms with Crippen LogP contribution in [0.3, 0.4) is 0 Å². The van der Waals surface area contributed by atoms with Crippen molar-refractivity contribution in [2.45, 2.75) is 6.54 Å². The summed E-state index contributed by atoms with van der Waals surface area (Å²) < 4.78 is 4.99. The van der Waals surface area contributed by atoms with Gasteiger partial charge in [0.05, 0.1) is 13.7 Å². The molecule has 0 saturated heterocycles. The molecule has 0 aliphatic carbocycles. The van der Waals surface area contributed by atoms with Crippen molar-refractivity contribution in [1.29, 1.82) is 0 Å². The summed E-state index contributed by atoms with van der Waals surface area (Å²) in [6.07, 6.45) is 3.42. The van der Waals surface area contributed by atoms with Gasteiger partial charge >= 0.3 is 0 Å². The quantitative estimate of drug-likeness (QED) is 0.850. The van der Waals surface area contributed by atoms with Crippen LogP contribution in [0.15, 0.2) is 23.8 Å². The van der Waals surface area contributed by atoms with Gasteiger partial charge in [0.1, 0.15) is 5.01 Å². The Morgan fingerprint density at radius 3 is 3.07 bits per heavy atom. The van der Waals surface area contributed by atoms with Gasteiger partial charge < -0.3 is 10.1 Å². The molecule has 0 spiro atoms. The summed E-state index contributed by atoms with van der Waals surface area (Å²) >= 11 is 1.59. The van der Waals surface area contributed by atoms with Crippen LogP contribution >= 0.6 is 11.3 Å². The summed E-state index contributed by atoms with van der Waals surface area (Å²) in [5.41, 5.74) is 0. The van der Waals surface area contributed by atoms with Gasteiger partial charge in [-0.15, -0.1) is 11.3 Å². The number of hydrogen-bond acceptors (Lipinski definition) is 6. The Morgan fingerprint density at radius 2 is 2.33 bits per heavy atom. The van der Waals surface area contributed by atoms with Crippen molar-refractivity contribution >= 4 is 17.3 Å². The molecule has 0 fully saturated rings. The molecule has 2 aromatic heterocycles. The van der Waals surface area contributed by atoms with Crippen LogP contribution in [-0.2, 0) is 6.54 Å². The number of nitrogens with zero attached hydrogens (tertiary/aromatic N) is 3. The molecule has 0 aliphatic heterocycles.